The van der Waals surface area contributed by atoms with Crippen molar-refractivity contribution in [2.45, 2.75) is 32.6 Å². The van der Waals surface area contributed by atoms with E-state index in [1.165, 1.54) is 5.56 Å². The van der Waals surface area contributed by atoms with Gasteiger partial charge in [-0.05, 0) is 35.7 Å². The maximum atomic E-state index is 6.07. The molecule has 152 valence electrons. The van der Waals surface area contributed by atoms with E-state index in [0.29, 0.717) is 37.0 Å². The molecule has 0 fully saturated rings. The summed E-state index contributed by atoms with van der Waals surface area (Å²) in [6, 6.07) is 16.0. The van der Waals surface area contributed by atoms with Gasteiger partial charge in [0.1, 0.15) is 11.9 Å². The number of nitrogens with zero attached hydrogens (tertiary/aromatic N) is 5. The van der Waals surface area contributed by atoms with Crippen LogP contribution < -0.4 is 4.74 Å². The molecule has 0 spiro atoms. The predicted molar refractivity (Wildman–Crippen MR) is 108 cm³/mol. The number of benzene rings is 2. The molecule has 0 amide bonds. The van der Waals surface area contributed by atoms with Crippen molar-refractivity contribution in [3.05, 3.63) is 76.8 Å². The summed E-state index contributed by atoms with van der Waals surface area (Å²) in [5.41, 5.74) is 4.86. The molecule has 1 atom stereocenters. The molecule has 8 nitrogen and oxygen atoms in total. The minimum absolute atomic E-state index is 0.0974. The second-order valence-corrected chi connectivity index (χ2v) is 7.25. The monoisotopic (exact) mass is 403 g/mol. The molecule has 8 heteroatoms. The van der Waals surface area contributed by atoms with Crippen molar-refractivity contribution in [2.75, 3.05) is 7.11 Å². The summed E-state index contributed by atoms with van der Waals surface area (Å²) in [5, 5.41) is 12.7. The fourth-order valence-corrected chi connectivity index (χ4v) is 3.60. The Labute approximate surface area is 173 Å². The number of methoxy groups -OCH3 is 1. The molecule has 1 aliphatic heterocycles. The maximum absolute atomic E-state index is 6.07. The maximum Gasteiger partial charge on any atom is 0.231 e. The summed E-state index contributed by atoms with van der Waals surface area (Å²) in [7, 11) is 1.65. The molecule has 1 unspecified atom stereocenters. The molecule has 0 N–H and O–H groups in total. The fraction of sp³-hybridized carbons (Fsp3) is 0.273. The van der Waals surface area contributed by atoms with E-state index in [1.807, 2.05) is 41.1 Å². The lowest BCUT2D eigenvalue weighted by molar-refractivity contribution is -0.00114. The van der Waals surface area contributed by atoms with Crippen LogP contribution in [0.3, 0.4) is 0 Å². The first kappa shape index (κ1) is 18.5. The fourth-order valence-electron chi connectivity index (χ4n) is 3.60. The van der Waals surface area contributed by atoms with Crippen LogP contribution >= 0.6 is 0 Å². The summed E-state index contributed by atoms with van der Waals surface area (Å²) in [4.78, 5) is 4.53. The average molecular weight is 403 g/mol. The number of aryl methyl sites for hydroxylation is 1. The van der Waals surface area contributed by atoms with Crippen LogP contribution in [0.2, 0.25) is 0 Å². The van der Waals surface area contributed by atoms with Crippen LogP contribution in [-0.4, -0.2) is 32.2 Å². The van der Waals surface area contributed by atoms with Crippen LogP contribution in [0.1, 0.15) is 34.4 Å². The molecule has 3 heterocycles. The van der Waals surface area contributed by atoms with Crippen LogP contribution in [0.4, 0.5) is 0 Å². The van der Waals surface area contributed by atoms with Crippen molar-refractivity contribution in [3.63, 3.8) is 0 Å². The lowest BCUT2D eigenvalue weighted by Gasteiger charge is -2.24. The highest BCUT2D eigenvalue weighted by Crippen LogP contribution is 2.30. The summed E-state index contributed by atoms with van der Waals surface area (Å²) in [6.07, 6.45) is 0.485. The Morgan fingerprint density at radius 2 is 1.97 bits per heavy atom. The summed E-state index contributed by atoms with van der Waals surface area (Å²) in [5.74, 6) is 1.80. The van der Waals surface area contributed by atoms with Gasteiger partial charge in [0, 0.05) is 0 Å². The zero-order valence-electron chi connectivity index (χ0n) is 16.8. The normalized spacial score (nSPS) is 15.7. The van der Waals surface area contributed by atoms with E-state index in [1.54, 1.807) is 7.11 Å². The van der Waals surface area contributed by atoms with Gasteiger partial charge >= 0.3 is 0 Å². The molecule has 5 rings (SSSR count). The third-order valence-corrected chi connectivity index (χ3v) is 5.37. The molecule has 0 bridgehead atoms. The average Bonchev–Trinajstić information content (AvgIpc) is 3.41. The van der Waals surface area contributed by atoms with Gasteiger partial charge in [-0.15, -0.1) is 5.10 Å². The van der Waals surface area contributed by atoms with E-state index in [0.717, 1.165) is 22.6 Å². The Balaban J connectivity index is 1.34. The van der Waals surface area contributed by atoms with Crippen LogP contribution in [0, 0.1) is 6.92 Å². The highest BCUT2D eigenvalue weighted by molar-refractivity contribution is 5.51. The van der Waals surface area contributed by atoms with Crippen LogP contribution in [0.25, 0.3) is 11.5 Å². The molecule has 2 aromatic carbocycles. The Bertz CT molecular complexity index is 1170. The van der Waals surface area contributed by atoms with Crippen molar-refractivity contribution < 1.29 is 14.0 Å². The lowest BCUT2D eigenvalue weighted by atomic mass is 10.1. The zero-order chi connectivity index (χ0) is 20.5. The molecule has 0 saturated carbocycles. The Morgan fingerprint density at radius 3 is 2.77 bits per heavy atom. The van der Waals surface area contributed by atoms with Crippen LogP contribution in [0.5, 0.6) is 5.75 Å². The SMILES string of the molecule is COc1ccc(C2Cn3nnc(-c4noc(Cc5ccccc5C)n4)c3CO2)cc1. The highest BCUT2D eigenvalue weighted by atomic mass is 16.5. The third-order valence-electron chi connectivity index (χ3n) is 5.37. The molecular weight excluding hydrogens is 382 g/mol. The molecule has 4 aromatic rings. The first-order chi connectivity index (χ1) is 14.7. The van der Waals surface area contributed by atoms with Crippen molar-refractivity contribution in [1.82, 2.24) is 25.1 Å². The minimum Gasteiger partial charge on any atom is -0.497 e. The second-order valence-electron chi connectivity index (χ2n) is 7.25. The predicted octanol–water partition coefficient (Wildman–Crippen LogP) is 3.51. The van der Waals surface area contributed by atoms with Gasteiger partial charge in [-0.3, -0.25) is 0 Å². The molecule has 2 aromatic heterocycles. The smallest absolute Gasteiger partial charge is 0.231 e. The van der Waals surface area contributed by atoms with E-state index >= 15 is 0 Å². The summed E-state index contributed by atoms with van der Waals surface area (Å²) >= 11 is 0. The molecule has 0 radical (unpaired) electrons. The number of fused-ring (bicyclic) bond motifs is 1. The standard InChI is InChI=1S/C22H21N5O3/c1-14-5-3-4-6-16(14)11-20-23-22(25-30-20)21-18-13-29-19(12-27(18)26-24-21)15-7-9-17(28-2)10-8-15/h3-10,19H,11-13H2,1-2H3. The topological polar surface area (TPSA) is 88.1 Å². The van der Waals surface area contributed by atoms with Gasteiger partial charge in [-0.1, -0.05) is 46.8 Å². The van der Waals surface area contributed by atoms with Crippen molar-refractivity contribution in [2.24, 2.45) is 0 Å². The molecule has 0 aliphatic carbocycles. The first-order valence-electron chi connectivity index (χ1n) is 9.76. The van der Waals surface area contributed by atoms with Gasteiger partial charge in [0.05, 0.1) is 32.4 Å². The third kappa shape index (κ3) is 3.46. The zero-order valence-corrected chi connectivity index (χ0v) is 16.8. The number of aromatic nitrogens is 5. The number of rotatable bonds is 5. The van der Waals surface area contributed by atoms with Crippen LogP contribution in [-0.2, 0) is 24.3 Å². The van der Waals surface area contributed by atoms with E-state index in [9.17, 15) is 0 Å². The van der Waals surface area contributed by atoms with E-state index in [-0.39, 0.29) is 6.10 Å². The highest BCUT2D eigenvalue weighted by Gasteiger charge is 2.27. The van der Waals surface area contributed by atoms with E-state index in [4.69, 9.17) is 14.0 Å². The van der Waals surface area contributed by atoms with Crippen molar-refractivity contribution in [3.8, 4) is 17.3 Å². The molecule has 30 heavy (non-hydrogen) atoms. The Hall–Kier alpha value is -3.52. The van der Waals surface area contributed by atoms with Gasteiger partial charge in [-0.25, -0.2) is 4.68 Å². The van der Waals surface area contributed by atoms with Gasteiger partial charge in [0.15, 0.2) is 5.69 Å². The van der Waals surface area contributed by atoms with Gasteiger partial charge in [0.2, 0.25) is 11.7 Å². The minimum atomic E-state index is -0.0974. The number of hydrogen-bond donors (Lipinski definition) is 0. The molecule has 1 aliphatic rings. The van der Waals surface area contributed by atoms with Crippen LogP contribution in [0.15, 0.2) is 53.1 Å². The largest absolute Gasteiger partial charge is 0.497 e. The first-order valence-corrected chi connectivity index (χ1v) is 9.76. The van der Waals surface area contributed by atoms with E-state index in [2.05, 4.69) is 39.5 Å². The molecule has 0 saturated heterocycles. The van der Waals surface area contributed by atoms with Gasteiger partial charge in [-0.2, -0.15) is 4.98 Å². The van der Waals surface area contributed by atoms with Crippen molar-refractivity contribution in [1.29, 1.82) is 0 Å². The number of hydrogen-bond acceptors (Lipinski definition) is 7. The number of ether oxygens (including phenoxy) is 2. The quantitative estimate of drug-likeness (QED) is 0.504. The second kappa shape index (κ2) is 7.72. The Kier molecular flexibility index (Phi) is 4.76. The molecular formula is C22H21N5O3. The Morgan fingerprint density at radius 1 is 1.13 bits per heavy atom. The van der Waals surface area contributed by atoms with E-state index < -0.39 is 0 Å². The lowest BCUT2D eigenvalue weighted by Crippen LogP contribution is -2.22. The summed E-state index contributed by atoms with van der Waals surface area (Å²) in [6.45, 7) is 3.02. The summed E-state index contributed by atoms with van der Waals surface area (Å²) < 4.78 is 18.6. The van der Waals surface area contributed by atoms with Gasteiger partial charge in [0.25, 0.3) is 0 Å². The van der Waals surface area contributed by atoms with Gasteiger partial charge < -0.3 is 14.0 Å². The van der Waals surface area contributed by atoms with Crippen molar-refractivity contribution >= 4 is 0 Å².